The Bertz CT molecular complexity index is 101. The monoisotopic (exact) mass is 198 g/mol. The van der Waals surface area contributed by atoms with Gasteiger partial charge in [-0.25, -0.2) is 0 Å². The van der Waals surface area contributed by atoms with Crippen molar-refractivity contribution < 1.29 is 5.11 Å². The zero-order valence-corrected chi connectivity index (χ0v) is 9.51. The first kappa shape index (κ1) is 12.0. The molecule has 0 amide bonds. The maximum absolute atomic E-state index is 8.69. The largest absolute Gasteiger partial charge is 0.396 e. The van der Waals surface area contributed by atoms with Gasteiger partial charge in [-0.3, -0.25) is 0 Å². The van der Waals surface area contributed by atoms with Gasteiger partial charge >= 0.3 is 0 Å². The Morgan fingerprint density at radius 1 is 0.643 bits per heavy atom. The van der Waals surface area contributed by atoms with Crippen LogP contribution >= 0.6 is 0 Å². The molecule has 14 heavy (non-hydrogen) atoms. The molecule has 2 saturated carbocycles. The first-order valence-electron chi connectivity index (χ1n) is 6.54. The highest BCUT2D eigenvalue weighted by Gasteiger charge is 2.10. The van der Waals surface area contributed by atoms with Gasteiger partial charge in [0.05, 0.1) is 0 Å². The van der Waals surface area contributed by atoms with Crippen LogP contribution in [0.1, 0.15) is 70.6 Å². The summed E-state index contributed by atoms with van der Waals surface area (Å²) < 4.78 is 0. The van der Waals surface area contributed by atoms with Gasteiger partial charge in [-0.2, -0.15) is 0 Å². The lowest BCUT2D eigenvalue weighted by Crippen LogP contribution is -2.09. The van der Waals surface area contributed by atoms with Crippen LogP contribution < -0.4 is 0 Å². The number of aliphatic hydroxyl groups is 1. The van der Waals surface area contributed by atoms with Crippen molar-refractivity contribution in [2.45, 2.75) is 70.6 Å². The highest BCUT2D eigenvalue weighted by atomic mass is 16.3. The zero-order chi connectivity index (χ0) is 10.1. The molecule has 0 heterocycles. The molecule has 2 aliphatic rings. The van der Waals surface area contributed by atoms with E-state index in [0.29, 0.717) is 12.5 Å². The summed E-state index contributed by atoms with van der Waals surface area (Å²) in [5.74, 6) is 0.642. The van der Waals surface area contributed by atoms with E-state index in [-0.39, 0.29) is 0 Å². The molecule has 2 rings (SSSR count). The minimum absolute atomic E-state index is 0.417. The highest BCUT2D eigenvalue weighted by Crippen LogP contribution is 2.22. The maximum atomic E-state index is 8.69. The van der Waals surface area contributed by atoms with Gasteiger partial charge in [0.2, 0.25) is 0 Å². The molecule has 1 heteroatoms. The predicted molar refractivity (Wildman–Crippen MR) is 61.4 cm³/mol. The summed E-state index contributed by atoms with van der Waals surface area (Å²) in [5, 5.41) is 8.69. The van der Waals surface area contributed by atoms with Crippen LogP contribution in [0.3, 0.4) is 0 Å². The second-order valence-corrected chi connectivity index (χ2v) is 4.81. The molecular weight excluding hydrogens is 172 g/mol. The fourth-order valence-electron chi connectivity index (χ4n) is 2.43. The Morgan fingerprint density at radius 2 is 1.00 bits per heavy atom. The van der Waals surface area contributed by atoms with Crippen molar-refractivity contribution in [2.24, 2.45) is 5.92 Å². The number of hydrogen-bond donors (Lipinski definition) is 1. The second-order valence-electron chi connectivity index (χ2n) is 4.81. The summed E-state index contributed by atoms with van der Waals surface area (Å²) in [5.41, 5.74) is 0. The fourth-order valence-corrected chi connectivity index (χ4v) is 2.43. The molecule has 0 aromatic carbocycles. The Balaban J connectivity index is 0.000000146. The van der Waals surface area contributed by atoms with E-state index in [1.165, 1.54) is 70.6 Å². The van der Waals surface area contributed by atoms with Crippen molar-refractivity contribution in [3.63, 3.8) is 0 Å². The molecule has 2 fully saturated rings. The van der Waals surface area contributed by atoms with Gasteiger partial charge in [-0.05, 0) is 18.8 Å². The van der Waals surface area contributed by atoms with Gasteiger partial charge in [0.1, 0.15) is 0 Å². The van der Waals surface area contributed by atoms with E-state index < -0.39 is 0 Å². The second kappa shape index (κ2) is 8.28. The lowest BCUT2D eigenvalue weighted by Gasteiger charge is -2.18. The summed E-state index contributed by atoms with van der Waals surface area (Å²) in [6.07, 6.45) is 15.6. The van der Waals surface area contributed by atoms with E-state index >= 15 is 0 Å². The molecular formula is C13H26O. The van der Waals surface area contributed by atoms with Gasteiger partial charge in [0.15, 0.2) is 0 Å². The number of hydrogen-bond acceptors (Lipinski definition) is 1. The van der Waals surface area contributed by atoms with Crippen LogP contribution in [0.15, 0.2) is 0 Å². The molecule has 0 unspecified atom stereocenters. The predicted octanol–water partition coefficient (Wildman–Crippen LogP) is 3.90. The first-order chi connectivity index (χ1) is 6.93. The number of rotatable bonds is 1. The molecule has 2 aliphatic carbocycles. The topological polar surface area (TPSA) is 20.2 Å². The molecule has 0 bridgehead atoms. The molecule has 1 nitrogen and oxygen atoms in total. The van der Waals surface area contributed by atoms with Gasteiger partial charge in [-0.15, -0.1) is 0 Å². The third-order valence-corrected chi connectivity index (χ3v) is 3.48. The van der Waals surface area contributed by atoms with Crippen molar-refractivity contribution in [1.82, 2.24) is 0 Å². The van der Waals surface area contributed by atoms with Gasteiger partial charge in [0.25, 0.3) is 0 Å². The van der Waals surface area contributed by atoms with Crippen LogP contribution in [0.2, 0.25) is 0 Å². The van der Waals surface area contributed by atoms with Crippen molar-refractivity contribution in [3.8, 4) is 0 Å². The maximum Gasteiger partial charge on any atom is 0.0459 e. The minimum atomic E-state index is 0.417. The van der Waals surface area contributed by atoms with Gasteiger partial charge in [0, 0.05) is 6.61 Å². The van der Waals surface area contributed by atoms with E-state index in [2.05, 4.69) is 0 Å². The average Bonchev–Trinajstić information content (AvgIpc) is 2.33. The van der Waals surface area contributed by atoms with E-state index in [9.17, 15) is 0 Å². The average molecular weight is 198 g/mol. The van der Waals surface area contributed by atoms with Gasteiger partial charge < -0.3 is 5.11 Å². The summed E-state index contributed by atoms with van der Waals surface area (Å²) >= 11 is 0. The molecule has 0 aliphatic heterocycles. The molecule has 84 valence electrons. The van der Waals surface area contributed by atoms with Crippen LogP contribution in [0, 0.1) is 5.92 Å². The summed E-state index contributed by atoms with van der Waals surface area (Å²) in [6, 6.07) is 0. The summed E-state index contributed by atoms with van der Waals surface area (Å²) in [4.78, 5) is 0. The SMILES string of the molecule is C1CCCCC1.OCC1CCCCC1. The third kappa shape index (κ3) is 5.64. The van der Waals surface area contributed by atoms with Crippen LogP contribution in [0.4, 0.5) is 0 Å². The molecule has 0 spiro atoms. The summed E-state index contributed by atoms with van der Waals surface area (Å²) in [7, 11) is 0. The molecule has 0 saturated heterocycles. The Morgan fingerprint density at radius 3 is 1.29 bits per heavy atom. The standard InChI is InChI=1S/C7H14O.C6H12/c8-6-7-4-2-1-3-5-7;1-2-4-6-5-3-1/h7-8H,1-6H2;1-6H2. The summed E-state index contributed by atoms with van der Waals surface area (Å²) in [6.45, 7) is 0.417. The fraction of sp³-hybridized carbons (Fsp3) is 1.00. The van der Waals surface area contributed by atoms with Crippen molar-refractivity contribution in [3.05, 3.63) is 0 Å². The van der Waals surface area contributed by atoms with Crippen molar-refractivity contribution in [2.75, 3.05) is 6.61 Å². The van der Waals surface area contributed by atoms with Crippen molar-refractivity contribution >= 4 is 0 Å². The van der Waals surface area contributed by atoms with E-state index in [4.69, 9.17) is 5.11 Å². The zero-order valence-electron chi connectivity index (χ0n) is 9.51. The smallest absolute Gasteiger partial charge is 0.0459 e. The van der Waals surface area contributed by atoms with E-state index in [1.807, 2.05) is 0 Å². The van der Waals surface area contributed by atoms with Crippen molar-refractivity contribution in [1.29, 1.82) is 0 Å². The van der Waals surface area contributed by atoms with E-state index in [1.54, 1.807) is 0 Å². The third-order valence-electron chi connectivity index (χ3n) is 3.48. The molecule has 0 radical (unpaired) electrons. The Kier molecular flexibility index (Phi) is 7.12. The molecule has 0 aromatic heterocycles. The van der Waals surface area contributed by atoms with Crippen LogP contribution in [-0.4, -0.2) is 11.7 Å². The normalized spacial score (nSPS) is 23.8. The van der Waals surface area contributed by atoms with Crippen LogP contribution in [0.25, 0.3) is 0 Å². The lowest BCUT2D eigenvalue weighted by atomic mass is 9.90. The first-order valence-corrected chi connectivity index (χ1v) is 6.54. The van der Waals surface area contributed by atoms with Gasteiger partial charge in [-0.1, -0.05) is 57.8 Å². The molecule has 1 N–H and O–H groups in total. The highest BCUT2D eigenvalue weighted by molar-refractivity contribution is 4.63. The quantitative estimate of drug-likeness (QED) is 0.677. The van der Waals surface area contributed by atoms with Crippen LogP contribution in [-0.2, 0) is 0 Å². The Hall–Kier alpha value is -0.0400. The molecule has 0 aromatic rings. The van der Waals surface area contributed by atoms with E-state index in [0.717, 1.165) is 0 Å². The molecule has 0 atom stereocenters. The number of aliphatic hydroxyl groups excluding tert-OH is 1. The minimum Gasteiger partial charge on any atom is -0.396 e. The lowest BCUT2D eigenvalue weighted by molar-refractivity contribution is 0.190. The van der Waals surface area contributed by atoms with Crippen LogP contribution in [0.5, 0.6) is 0 Å². The Labute approximate surface area is 88.9 Å².